The minimum absolute atomic E-state index is 0.245. The number of nitriles is 1. The van der Waals surface area contributed by atoms with E-state index in [9.17, 15) is 5.26 Å². The van der Waals surface area contributed by atoms with E-state index in [-0.39, 0.29) is 11.6 Å². The zero-order valence-electron chi connectivity index (χ0n) is 9.34. The summed E-state index contributed by atoms with van der Waals surface area (Å²) in [5.41, 5.74) is -0.354. The van der Waals surface area contributed by atoms with E-state index in [4.69, 9.17) is 4.74 Å². The Hall–Kier alpha value is -0.590. The van der Waals surface area contributed by atoms with E-state index in [0.29, 0.717) is 6.04 Å². The predicted molar refractivity (Wildman–Crippen MR) is 55.9 cm³/mol. The molecule has 14 heavy (non-hydrogen) atoms. The number of rotatable bonds is 3. The molecule has 2 atom stereocenters. The lowest BCUT2D eigenvalue weighted by Gasteiger charge is -2.37. The van der Waals surface area contributed by atoms with Crippen LogP contribution in [-0.4, -0.2) is 24.8 Å². The molecule has 1 aliphatic rings. The van der Waals surface area contributed by atoms with Crippen LogP contribution in [0.1, 0.15) is 39.5 Å². The first kappa shape index (κ1) is 11.5. The average Bonchev–Trinajstić information content (AvgIpc) is 2.17. The fourth-order valence-corrected chi connectivity index (χ4v) is 2.24. The van der Waals surface area contributed by atoms with Crippen molar-refractivity contribution in [3.05, 3.63) is 0 Å². The van der Waals surface area contributed by atoms with Crippen molar-refractivity contribution < 1.29 is 4.74 Å². The minimum Gasteiger partial charge on any atom is -0.381 e. The lowest BCUT2D eigenvalue weighted by molar-refractivity contribution is 0.0431. The molecular formula is C11H20N2O. The molecule has 1 fully saturated rings. The van der Waals surface area contributed by atoms with Gasteiger partial charge in [-0.3, -0.25) is 5.32 Å². The van der Waals surface area contributed by atoms with Crippen molar-refractivity contribution in [1.82, 2.24) is 5.32 Å². The first-order valence-electron chi connectivity index (χ1n) is 5.33. The highest BCUT2D eigenvalue weighted by molar-refractivity contribution is 5.10. The second kappa shape index (κ2) is 4.77. The Kier molecular flexibility index (Phi) is 3.91. The van der Waals surface area contributed by atoms with Crippen LogP contribution in [0.15, 0.2) is 0 Å². The molecule has 2 unspecified atom stereocenters. The molecule has 0 bridgehead atoms. The van der Waals surface area contributed by atoms with Crippen LogP contribution < -0.4 is 5.32 Å². The molecule has 1 N–H and O–H groups in total. The molecule has 0 aliphatic heterocycles. The second-order valence-corrected chi connectivity index (χ2v) is 4.45. The summed E-state index contributed by atoms with van der Waals surface area (Å²) in [5.74, 6) is 0. The molecule has 0 radical (unpaired) electrons. The molecule has 0 heterocycles. The van der Waals surface area contributed by atoms with Crippen molar-refractivity contribution in [2.45, 2.75) is 57.2 Å². The third-order valence-electron chi connectivity index (χ3n) is 2.82. The Bertz CT molecular complexity index is 222. The second-order valence-electron chi connectivity index (χ2n) is 4.45. The summed E-state index contributed by atoms with van der Waals surface area (Å²) in [6, 6.07) is 2.77. The first-order valence-corrected chi connectivity index (χ1v) is 5.33. The van der Waals surface area contributed by atoms with Crippen LogP contribution in [0.25, 0.3) is 0 Å². The molecule has 0 aromatic carbocycles. The summed E-state index contributed by atoms with van der Waals surface area (Å²) in [6.07, 6.45) is 4.17. The van der Waals surface area contributed by atoms with E-state index in [2.05, 4.69) is 25.2 Å². The van der Waals surface area contributed by atoms with Gasteiger partial charge in [-0.05, 0) is 33.1 Å². The topological polar surface area (TPSA) is 45.0 Å². The maximum atomic E-state index is 9.24. The molecule has 0 saturated heterocycles. The Morgan fingerprint density at radius 3 is 2.79 bits per heavy atom. The fraction of sp³-hybridized carbons (Fsp3) is 0.909. The lowest BCUT2D eigenvalue weighted by atomic mass is 9.80. The monoisotopic (exact) mass is 196 g/mol. The van der Waals surface area contributed by atoms with Crippen LogP contribution in [0.5, 0.6) is 0 Å². The molecule has 1 rings (SSSR count). The highest BCUT2D eigenvalue weighted by atomic mass is 16.5. The molecule has 0 spiro atoms. The maximum absolute atomic E-state index is 9.24. The molecule has 3 heteroatoms. The zero-order chi connectivity index (χ0) is 10.6. The molecule has 80 valence electrons. The Morgan fingerprint density at radius 2 is 2.29 bits per heavy atom. The van der Waals surface area contributed by atoms with Crippen molar-refractivity contribution in [1.29, 1.82) is 5.26 Å². The Morgan fingerprint density at radius 1 is 1.57 bits per heavy atom. The van der Waals surface area contributed by atoms with Crippen molar-refractivity contribution >= 4 is 0 Å². The van der Waals surface area contributed by atoms with Crippen LogP contribution in [-0.2, 0) is 4.74 Å². The Balaban J connectivity index is 2.64. The van der Waals surface area contributed by atoms with E-state index < -0.39 is 0 Å². The van der Waals surface area contributed by atoms with Gasteiger partial charge in [0.1, 0.15) is 5.54 Å². The van der Waals surface area contributed by atoms with Gasteiger partial charge in [0.05, 0.1) is 12.2 Å². The number of nitrogens with zero attached hydrogens (tertiary/aromatic N) is 1. The molecule has 1 saturated carbocycles. The first-order chi connectivity index (χ1) is 6.62. The summed E-state index contributed by atoms with van der Waals surface area (Å²) < 4.78 is 5.34. The van der Waals surface area contributed by atoms with E-state index in [0.717, 1.165) is 25.7 Å². The van der Waals surface area contributed by atoms with Gasteiger partial charge in [-0.15, -0.1) is 0 Å². The molecule has 0 aromatic rings. The van der Waals surface area contributed by atoms with Gasteiger partial charge in [-0.1, -0.05) is 0 Å². The van der Waals surface area contributed by atoms with Gasteiger partial charge in [0, 0.05) is 19.6 Å². The van der Waals surface area contributed by atoms with Gasteiger partial charge in [0.15, 0.2) is 0 Å². The van der Waals surface area contributed by atoms with Crippen LogP contribution in [0.4, 0.5) is 0 Å². The summed E-state index contributed by atoms with van der Waals surface area (Å²) in [6.45, 7) is 4.16. The smallest absolute Gasteiger partial charge is 0.109 e. The number of nitrogens with one attached hydrogen (secondary N) is 1. The quantitative estimate of drug-likeness (QED) is 0.749. The molecule has 0 aromatic heterocycles. The number of hydrogen-bond donors (Lipinski definition) is 1. The Labute approximate surface area is 86.4 Å². The van der Waals surface area contributed by atoms with Gasteiger partial charge in [-0.2, -0.15) is 5.26 Å². The summed E-state index contributed by atoms with van der Waals surface area (Å²) in [4.78, 5) is 0. The van der Waals surface area contributed by atoms with Gasteiger partial charge in [0.25, 0.3) is 0 Å². The fourth-order valence-electron chi connectivity index (χ4n) is 2.24. The molecule has 0 amide bonds. The molecule has 3 nitrogen and oxygen atoms in total. The highest BCUT2D eigenvalue weighted by Crippen LogP contribution is 2.29. The van der Waals surface area contributed by atoms with Gasteiger partial charge >= 0.3 is 0 Å². The highest BCUT2D eigenvalue weighted by Gasteiger charge is 2.36. The number of methoxy groups -OCH3 is 1. The van der Waals surface area contributed by atoms with Crippen molar-refractivity contribution in [2.24, 2.45) is 0 Å². The third-order valence-corrected chi connectivity index (χ3v) is 2.82. The molecular weight excluding hydrogens is 176 g/mol. The van der Waals surface area contributed by atoms with Crippen molar-refractivity contribution in [2.75, 3.05) is 7.11 Å². The average molecular weight is 196 g/mol. The van der Waals surface area contributed by atoms with Gasteiger partial charge in [0.2, 0.25) is 0 Å². The third kappa shape index (κ3) is 2.70. The maximum Gasteiger partial charge on any atom is 0.109 e. The van der Waals surface area contributed by atoms with E-state index in [1.165, 1.54) is 0 Å². The normalized spacial score (nSPS) is 32.9. The predicted octanol–water partition coefficient (Wildman–Crippen LogP) is 1.84. The van der Waals surface area contributed by atoms with E-state index >= 15 is 0 Å². The molecule has 1 aliphatic carbocycles. The van der Waals surface area contributed by atoms with Crippen LogP contribution in [0, 0.1) is 11.3 Å². The minimum atomic E-state index is -0.354. The van der Waals surface area contributed by atoms with E-state index in [1.54, 1.807) is 7.11 Å². The zero-order valence-corrected chi connectivity index (χ0v) is 9.34. The SMILES string of the molecule is COC1CCCC(C#N)(NC(C)C)C1. The van der Waals surface area contributed by atoms with Crippen LogP contribution >= 0.6 is 0 Å². The van der Waals surface area contributed by atoms with Gasteiger partial charge in [-0.25, -0.2) is 0 Å². The van der Waals surface area contributed by atoms with E-state index in [1.807, 2.05) is 0 Å². The summed E-state index contributed by atoms with van der Waals surface area (Å²) in [7, 11) is 1.73. The summed E-state index contributed by atoms with van der Waals surface area (Å²) in [5, 5.41) is 12.6. The number of ether oxygens (including phenoxy) is 1. The largest absolute Gasteiger partial charge is 0.381 e. The number of hydrogen-bond acceptors (Lipinski definition) is 3. The standard InChI is InChI=1S/C11H20N2O/c1-9(2)13-11(8-12)6-4-5-10(7-11)14-3/h9-10,13H,4-7H2,1-3H3. The van der Waals surface area contributed by atoms with Crippen molar-refractivity contribution in [3.63, 3.8) is 0 Å². The van der Waals surface area contributed by atoms with Crippen LogP contribution in [0.3, 0.4) is 0 Å². The van der Waals surface area contributed by atoms with Crippen LogP contribution in [0.2, 0.25) is 0 Å². The lowest BCUT2D eigenvalue weighted by Crippen LogP contribution is -2.51. The summed E-state index contributed by atoms with van der Waals surface area (Å²) >= 11 is 0. The van der Waals surface area contributed by atoms with Crippen molar-refractivity contribution in [3.8, 4) is 6.07 Å². The van der Waals surface area contributed by atoms with Gasteiger partial charge < -0.3 is 4.74 Å².